The molecule has 0 aliphatic heterocycles. The van der Waals surface area contributed by atoms with Gasteiger partial charge in [0.2, 0.25) is 5.91 Å². The first kappa shape index (κ1) is 14.1. The molecule has 2 aliphatic rings. The second-order valence-corrected chi connectivity index (χ2v) is 6.43. The Bertz CT molecular complexity index is 534. The molecule has 0 saturated heterocycles. The fourth-order valence-corrected chi connectivity index (χ4v) is 3.50. The Labute approximate surface area is 124 Å². The lowest BCUT2D eigenvalue weighted by Gasteiger charge is -2.31. The van der Waals surface area contributed by atoms with Gasteiger partial charge in [-0.2, -0.15) is 0 Å². The number of carbonyl (C=O) groups is 2. The Balaban J connectivity index is 1.67. The molecule has 1 aromatic carbocycles. The highest BCUT2D eigenvalue weighted by molar-refractivity contribution is 5.89. The number of carbonyl (C=O) groups excluding carboxylic acids is 1. The second kappa shape index (κ2) is 5.51. The van der Waals surface area contributed by atoms with E-state index >= 15 is 0 Å². The number of hydrogen-bond acceptors (Lipinski definition) is 2. The predicted molar refractivity (Wildman–Crippen MR) is 78.7 cm³/mol. The van der Waals surface area contributed by atoms with Crippen LogP contribution in [0.1, 0.15) is 37.7 Å². The maximum atomic E-state index is 12.3. The van der Waals surface area contributed by atoms with E-state index in [4.69, 9.17) is 5.11 Å². The first-order valence-corrected chi connectivity index (χ1v) is 7.68. The Kier molecular flexibility index (Phi) is 3.70. The molecule has 2 saturated carbocycles. The number of carboxylic acids is 1. The van der Waals surface area contributed by atoms with Crippen LogP contribution in [0.2, 0.25) is 0 Å². The average Bonchev–Trinajstić information content (AvgIpc) is 3.16. The molecule has 2 unspecified atom stereocenters. The van der Waals surface area contributed by atoms with Crippen molar-refractivity contribution >= 4 is 11.9 Å². The van der Waals surface area contributed by atoms with Gasteiger partial charge in [0.05, 0.1) is 11.8 Å². The van der Waals surface area contributed by atoms with Gasteiger partial charge in [-0.25, -0.2) is 0 Å². The predicted octanol–water partition coefficient (Wildman–Crippen LogP) is 2.38. The van der Waals surface area contributed by atoms with Gasteiger partial charge in [-0.3, -0.25) is 9.59 Å². The van der Waals surface area contributed by atoms with Crippen LogP contribution >= 0.6 is 0 Å². The normalized spacial score (nSPS) is 26.3. The van der Waals surface area contributed by atoms with Gasteiger partial charge in [0, 0.05) is 5.54 Å². The van der Waals surface area contributed by atoms with Crippen LogP contribution in [-0.2, 0) is 16.0 Å². The summed E-state index contributed by atoms with van der Waals surface area (Å²) in [5.41, 5.74) is 1.05. The van der Waals surface area contributed by atoms with Gasteiger partial charge in [-0.1, -0.05) is 43.2 Å². The highest BCUT2D eigenvalue weighted by Gasteiger charge is 2.50. The van der Waals surface area contributed by atoms with Crippen molar-refractivity contribution in [2.75, 3.05) is 0 Å². The van der Waals surface area contributed by atoms with Gasteiger partial charge in [-0.15, -0.1) is 0 Å². The third-order valence-electron chi connectivity index (χ3n) is 4.78. The molecule has 1 amide bonds. The first-order valence-electron chi connectivity index (χ1n) is 7.68. The van der Waals surface area contributed by atoms with E-state index < -0.39 is 11.9 Å². The highest BCUT2D eigenvalue weighted by atomic mass is 16.4. The van der Waals surface area contributed by atoms with Crippen LogP contribution in [0.25, 0.3) is 0 Å². The monoisotopic (exact) mass is 287 g/mol. The Morgan fingerprint density at radius 3 is 2.38 bits per heavy atom. The SMILES string of the molecule is O=C(O)C1CC1C(=O)NC1(Cc2ccccc2)CCCC1. The summed E-state index contributed by atoms with van der Waals surface area (Å²) >= 11 is 0. The van der Waals surface area contributed by atoms with Crippen molar-refractivity contribution in [3.8, 4) is 0 Å². The Morgan fingerprint density at radius 2 is 1.81 bits per heavy atom. The van der Waals surface area contributed by atoms with Crippen LogP contribution in [0, 0.1) is 11.8 Å². The van der Waals surface area contributed by atoms with Crippen molar-refractivity contribution in [2.45, 2.75) is 44.1 Å². The number of rotatable bonds is 5. The van der Waals surface area contributed by atoms with Crippen molar-refractivity contribution in [3.05, 3.63) is 35.9 Å². The summed E-state index contributed by atoms with van der Waals surface area (Å²) in [6.45, 7) is 0. The minimum absolute atomic E-state index is 0.0692. The van der Waals surface area contributed by atoms with Crippen molar-refractivity contribution in [2.24, 2.45) is 11.8 Å². The Morgan fingerprint density at radius 1 is 1.14 bits per heavy atom. The maximum absolute atomic E-state index is 12.3. The summed E-state index contributed by atoms with van der Waals surface area (Å²) < 4.78 is 0. The largest absolute Gasteiger partial charge is 0.481 e. The first-order chi connectivity index (χ1) is 10.1. The highest BCUT2D eigenvalue weighted by Crippen LogP contribution is 2.40. The standard InChI is InChI=1S/C17H21NO3/c19-15(13-10-14(13)16(20)21)18-17(8-4-5-9-17)11-12-6-2-1-3-7-12/h1-3,6-7,13-14H,4-5,8-11H2,(H,18,19)(H,20,21). The fraction of sp³-hybridized carbons (Fsp3) is 0.529. The van der Waals surface area contributed by atoms with Crippen LogP contribution in [0.5, 0.6) is 0 Å². The van der Waals surface area contributed by atoms with Crippen LogP contribution in [0.4, 0.5) is 0 Å². The summed E-state index contributed by atoms with van der Waals surface area (Å²) in [6, 6.07) is 10.2. The zero-order valence-electron chi connectivity index (χ0n) is 12.0. The molecule has 0 bridgehead atoms. The van der Waals surface area contributed by atoms with Crippen LogP contribution < -0.4 is 5.32 Å². The minimum Gasteiger partial charge on any atom is -0.481 e. The second-order valence-electron chi connectivity index (χ2n) is 6.43. The van der Waals surface area contributed by atoms with Gasteiger partial charge in [0.1, 0.15) is 0 Å². The average molecular weight is 287 g/mol. The van der Waals surface area contributed by atoms with E-state index in [-0.39, 0.29) is 17.4 Å². The molecular weight excluding hydrogens is 266 g/mol. The van der Waals surface area contributed by atoms with Crippen LogP contribution in [0.15, 0.2) is 30.3 Å². The zero-order chi connectivity index (χ0) is 14.9. The van der Waals surface area contributed by atoms with Crippen molar-refractivity contribution in [1.29, 1.82) is 0 Å². The molecule has 2 fully saturated rings. The molecule has 0 spiro atoms. The number of hydrogen-bond donors (Lipinski definition) is 2. The summed E-state index contributed by atoms with van der Waals surface area (Å²) in [4.78, 5) is 23.2. The molecule has 112 valence electrons. The molecule has 0 aromatic heterocycles. The number of benzene rings is 1. The minimum atomic E-state index is -0.848. The summed E-state index contributed by atoms with van der Waals surface area (Å²) in [7, 11) is 0. The molecule has 2 N–H and O–H groups in total. The zero-order valence-corrected chi connectivity index (χ0v) is 12.0. The van der Waals surface area contributed by atoms with E-state index in [1.807, 2.05) is 18.2 Å². The number of aliphatic carboxylic acids is 1. The van der Waals surface area contributed by atoms with Crippen molar-refractivity contribution in [3.63, 3.8) is 0 Å². The van der Waals surface area contributed by atoms with Gasteiger partial charge in [-0.05, 0) is 31.2 Å². The van der Waals surface area contributed by atoms with Crippen LogP contribution in [-0.4, -0.2) is 22.5 Å². The van der Waals surface area contributed by atoms with E-state index in [0.29, 0.717) is 6.42 Å². The molecule has 21 heavy (non-hydrogen) atoms. The molecule has 1 aromatic rings. The van der Waals surface area contributed by atoms with Crippen LogP contribution in [0.3, 0.4) is 0 Å². The summed E-state index contributed by atoms with van der Waals surface area (Å²) in [6.07, 6.45) is 5.54. The quantitative estimate of drug-likeness (QED) is 0.873. The molecule has 2 aliphatic carbocycles. The van der Waals surface area contributed by atoms with Crippen molar-refractivity contribution in [1.82, 2.24) is 5.32 Å². The molecule has 0 radical (unpaired) electrons. The third-order valence-corrected chi connectivity index (χ3v) is 4.78. The van der Waals surface area contributed by atoms with Gasteiger partial charge in [0.15, 0.2) is 0 Å². The third kappa shape index (κ3) is 3.09. The Hall–Kier alpha value is -1.84. The lowest BCUT2D eigenvalue weighted by Crippen LogP contribution is -2.49. The summed E-state index contributed by atoms with van der Waals surface area (Å²) in [5.74, 6) is -1.71. The topological polar surface area (TPSA) is 66.4 Å². The number of carboxylic acid groups (broad SMARTS) is 1. The molecule has 2 atom stereocenters. The molecule has 3 rings (SSSR count). The molecule has 4 heteroatoms. The molecular formula is C17H21NO3. The number of nitrogens with one attached hydrogen (secondary N) is 1. The van der Waals surface area contributed by atoms with Gasteiger partial charge < -0.3 is 10.4 Å². The summed E-state index contributed by atoms with van der Waals surface area (Å²) in [5, 5.41) is 12.1. The fourth-order valence-electron chi connectivity index (χ4n) is 3.50. The maximum Gasteiger partial charge on any atom is 0.307 e. The number of amides is 1. The van der Waals surface area contributed by atoms with E-state index in [0.717, 1.165) is 32.1 Å². The van der Waals surface area contributed by atoms with Crippen molar-refractivity contribution < 1.29 is 14.7 Å². The van der Waals surface area contributed by atoms with E-state index in [9.17, 15) is 9.59 Å². The van der Waals surface area contributed by atoms with Gasteiger partial charge >= 0.3 is 5.97 Å². The van der Waals surface area contributed by atoms with E-state index in [1.165, 1.54) is 5.56 Å². The molecule has 0 heterocycles. The lowest BCUT2D eigenvalue weighted by molar-refractivity contribution is -0.140. The lowest BCUT2D eigenvalue weighted by atomic mass is 9.88. The molecule has 4 nitrogen and oxygen atoms in total. The van der Waals surface area contributed by atoms with Gasteiger partial charge in [0.25, 0.3) is 0 Å². The van der Waals surface area contributed by atoms with E-state index in [2.05, 4.69) is 17.4 Å². The smallest absolute Gasteiger partial charge is 0.307 e. The van der Waals surface area contributed by atoms with E-state index in [1.54, 1.807) is 0 Å².